The number of likely N-dealkylation sites (tertiary alicyclic amines) is 2. The normalized spacial score (nSPS) is 20.3. The second-order valence-electron chi connectivity index (χ2n) is 7.63. The van der Waals surface area contributed by atoms with Crippen LogP contribution in [0.15, 0.2) is 30.3 Å². The number of carbonyl (C=O) groups is 1. The molecule has 0 spiro atoms. The summed E-state index contributed by atoms with van der Waals surface area (Å²) in [5, 5.41) is 0. The molecule has 2 heterocycles. The molecule has 1 aromatic carbocycles. The average Bonchev–Trinajstić information content (AvgIpc) is 2.73. The largest absolute Gasteiger partial charge is 0.462 e. The number of hydrogen-bond acceptors (Lipinski definition) is 5. The van der Waals surface area contributed by atoms with E-state index in [1.807, 2.05) is 30.3 Å². The fourth-order valence-corrected chi connectivity index (χ4v) is 3.94. The molecule has 0 aromatic heterocycles. The van der Waals surface area contributed by atoms with Crippen molar-refractivity contribution < 1.29 is 14.3 Å². The molecule has 2 aliphatic heterocycles. The van der Waals surface area contributed by atoms with Crippen molar-refractivity contribution in [1.82, 2.24) is 9.80 Å². The lowest BCUT2D eigenvalue weighted by molar-refractivity contribution is -0.158. The van der Waals surface area contributed by atoms with Crippen LogP contribution in [0.3, 0.4) is 0 Å². The van der Waals surface area contributed by atoms with E-state index in [9.17, 15) is 4.79 Å². The second kappa shape index (κ2) is 11.4. The molecule has 5 nitrogen and oxygen atoms in total. The Hall–Kier alpha value is -1.43. The van der Waals surface area contributed by atoms with Gasteiger partial charge < -0.3 is 14.4 Å². The van der Waals surface area contributed by atoms with Gasteiger partial charge >= 0.3 is 5.97 Å². The maximum absolute atomic E-state index is 12.7. The first kappa shape index (κ1) is 20.3. The van der Waals surface area contributed by atoms with Crippen LogP contribution in [0, 0.1) is 0 Å². The van der Waals surface area contributed by atoms with Gasteiger partial charge in [0.1, 0.15) is 6.61 Å². The molecule has 3 rings (SSSR count). The van der Waals surface area contributed by atoms with Crippen molar-refractivity contribution in [3.05, 3.63) is 35.9 Å². The van der Waals surface area contributed by atoms with Crippen molar-refractivity contribution in [2.75, 3.05) is 52.5 Å². The quantitative estimate of drug-likeness (QED) is 0.621. The molecule has 0 N–H and O–H groups in total. The van der Waals surface area contributed by atoms with E-state index in [1.165, 1.54) is 38.5 Å². The molecule has 0 radical (unpaired) electrons. The molecular weight excluding hydrogens is 340 g/mol. The fraction of sp³-hybridized carbons (Fsp3) is 0.682. The van der Waals surface area contributed by atoms with E-state index in [2.05, 4.69) is 9.80 Å². The van der Waals surface area contributed by atoms with E-state index in [-0.39, 0.29) is 5.97 Å². The summed E-state index contributed by atoms with van der Waals surface area (Å²) < 4.78 is 11.6. The number of benzene rings is 1. The van der Waals surface area contributed by atoms with E-state index in [1.54, 1.807) is 0 Å². The second-order valence-corrected chi connectivity index (χ2v) is 7.63. The van der Waals surface area contributed by atoms with E-state index in [0.29, 0.717) is 13.2 Å². The van der Waals surface area contributed by atoms with Gasteiger partial charge in [-0.1, -0.05) is 43.2 Å². The van der Waals surface area contributed by atoms with E-state index >= 15 is 0 Å². The predicted molar refractivity (Wildman–Crippen MR) is 107 cm³/mol. The summed E-state index contributed by atoms with van der Waals surface area (Å²) in [5.74, 6) is -0.267. The molecule has 1 aromatic rings. The van der Waals surface area contributed by atoms with Gasteiger partial charge in [-0.15, -0.1) is 0 Å². The third-order valence-corrected chi connectivity index (χ3v) is 5.56. The Morgan fingerprint density at radius 1 is 0.815 bits per heavy atom. The third-order valence-electron chi connectivity index (χ3n) is 5.56. The SMILES string of the molecule is O=C(OCCN1CCCCC1)C(OCCN1CCCCC1)c1ccccc1. The highest BCUT2D eigenvalue weighted by atomic mass is 16.6. The van der Waals surface area contributed by atoms with Crippen LogP contribution in [0.5, 0.6) is 0 Å². The molecule has 27 heavy (non-hydrogen) atoms. The van der Waals surface area contributed by atoms with Crippen LogP contribution < -0.4 is 0 Å². The summed E-state index contributed by atoms with van der Waals surface area (Å²) in [6, 6.07) is 9.72. The summed E-state index contributed by atoms with van der Waals surface area (Å²) in [5.41, 5.74) is 0.874. The monoisotopic (exact) mass is 374 g/mol. The highest BCUT2D eigenvalue weighted by molar-refractivity contribution is 5.76. The van der Waals surface area contributed by atoms with Crippen molar-refractivity contribution in [2.45, 2.75) is 44.6 Å². The average molecular weight is 375 g/mol. The molecule has 0 aliphatic carbocycles. The first-order valence-electron chi connectivity index (χ1n) is 10.6. The number of hydrogen-bond donors (Lipinski definition) is 0. The van der Waals surface area contributed by atoms with Gasteiger partial charge in [0.15, 0.2) is 6.10 Å². The van der Waals surface area contributed by atoms with Gasteiger partial charge in [0.25, 0.3) is 0 Å². The lowest BCUT2D eigenvalue weighted by atomic mass is 10.1. The molecule has 2 aliphatic rings. The highest BCUT2D eigenvalue weighted by Gasteiger charge is 2.24. The van der Waals surface area contributed by atoms with Crippen LogP contribution in [0.2, 0.25) is 0 Å². The molecule has 150 valence electrons. The zero-order valence-corrected chi connectivity index (χ0v) is 16.5. The highest BCUT2D eigenvalue weighted by Crippen LogP contribution is 2.19. The van der Waals surface area contributed by atoms with E-state index < -0.39 is 6.10 Å². The minimum Gasteiger partial charge on any atom is -0.462 e. The van der Waals surface area contributed by atoms with Crippen molar-refractivity contribution >= 4 is 5.97 Å². The van der Waals surface area contributed by atoms with Crippen LogP contribution in [-0.2, 0) is 14.3 Å². The van der Waals surface area contributed by atoms with Gasteiger partial charge in [0, 0.05) is 13.1 Å². The number of rotatable bonds is 9. The zero-order chi connectivity index (χ0) is 18.7. The standard InChI is InChI=1S/C22H34N2O3/c25-22(27-19-17-24-14-8-3-9-15-24)21(20-10-4-1-5-11-20)26-18-16-23-12-6-2-7-13-23/h1,4-5,10-11,21H,2-3,6-9,12-19H2. The molecular formula is C22H34N2O3. The Labute approximate surface area is 163 Å². The number of nitrogens with zero attached hydrogens (tertiary/aromatic N) is 2. The van der Waals surface area contributed by atoms with Crippen LogP contribution in [-0.4, -0.2) is 68.3 Å². The van der Waals surface area contributed by atoms with Crippen molar-refractivity contribution in [2.24, 2.45) is 0 Å². The third kappa shape index (κ3) is 6.91. The lowest BCUT2D eigenvalue weighted by Crippen LogP contribution is -2.35. The van der Waals surface area contributed by atoms with Gasteiger partial charge in [0.05, 0.1) is 6.61 Å². The van der Waals surface area contributed by atoms with Gasteiger partial charge in [-0.05, 0) is 57.4 Å². The Morgan fingerprint density at radius 3 is 1.96 bits per heavy atom. The maximum Gasteiger partial charge on any atom is 0.339 e. The first-order chi connectivity index (χ1) is 13.3. The summed E-state index contributed by atoms with van der Waals surface area (Å²) in [7, 11) is 0. The van der Waals surface area contributed by atoms with Gasteiger partial charge in [-0.25, -0.2) is 4.79 Å². The number of ether oxygens (including phenoxy) is 2. The van der Waals surface area contributed by atoms with Gasteiger partial charge in [0.2, 0.25) is 0 Å². The van der Waals surface area contributed by atoms with E-state index in [0.717, 1.165) is 44.8 Å². The maximum atomic E-state index is 12.7. The fourth-order valence-electron chi connectivity index (χ4n) is 3.94. The summed E-state index contributed by atoms with van der Waals surface area (Å²) in [4.78, 5) is 17.5. The van der Waals surface area contributed by atoms with Gasteiger partial charge in [-0.3, -0.25) is 4.90 Å². The Bertz CT molecular complexity index is 540. The van der Waals surface area contributed by atoms with Crippen molar-refractivity contribution in [1.29, 1.82) is 0 Å². The lowest BCUT2D eigenvalue weighted by Gasteiger charge is -2.27. The summed E-state index contributed by atoms with van der Waals surface area (Å²) in [6.07, 6.45) is 7.05. The minimum atomic E-state index is -0.627. The number of piperidine rings is 2. The van der Waals surface area contributed by atoms with Crippen molar-refractivity contribution in [3.8, 4) is 0 Å². The van der Waals surface area contributed by atoms with Crippen LogP contribution in [0.25, 0.3) is 0 Å². The van der Waals surface area contributed by atoms with Crippen molar-refractivity contribution in [3.63, 3.8) is 0 Å². The number of carbonyl (C=O) groups excluding carboxylic acids is 1. The number of esters is 1. The van der Waals surface area contributed by atoms with Crippen LogP contribution in [0.1, 0.15) is 50.2 Å². The molecule has 0 amide bonds. The Kier molecular flexibility index (Phi) is 8.59. The minimum absolute atomic E-state index is 0.267. The van der Waals surface area contributed by atoms with E-state index in [4.69, 9.17) is 9.47 Å². The van der Waals surface area contributed by atoms with Crippen LogP contribution in [0.4, 0.5) is 0 Å². The Morgan fingerprint density at radius 2 is 1.37 bits per heavy atom. The molecule has 0 saturated carbocycles. The molecule has 2 saturated heterocycles. The zero-order valence-electron chi connectivity index (χ0n) is 16.5. The van der Waals surface area contributed by atoms with Crippen LogP contribution >= 0.6 is 0 Å². The summed E-state index contributed by atoms with van der Waals surface area (Å²) in [6.45, 7) is 7.21. The summed E-state index contributed by atoms with van der Waals surface area (Å²) >= 11 is 0. The topological polar surface area (TPSA) is 42.0 Å². The van der Waals surface area contributed by atoms with Gasteiger partial charge in [-0.2, -0.15) is 0 Å². The first-order valence-corrected chi connectivity index (χ1v) is 10.6. The predicted octanol–water partition coefficient (Wildman–Crippen LogP) is 3.26. The molecule has 0 bridgehead atoms. The Balaban J connectivity index is 1.47. The molecule has 1 unspecified atom stereocenters. The molecule has 1 atom stereocenters. The molecule has 2 fully saturated rings. The smallest absolute Gasteiger partial charge is 0.339 e. The molecule has 5 heteroatoms.